The third-order valence-corrected chi connectivity index (χ3v) is 2.91. The fraction of sp³-hybridized carbons (Fsp3) is 0.636. The van der Waals surface area contributed by atoms with Crippen molar-refractivity contribution in [2.24, 2.45) is 0 Å². The van der Waals surface area contributed by atoms with Crippen LogP contribution in [-0.4, -0.2) is 62.7 Å². The van der Waals surface area contributed by atoms with Crippen LogP contribution in [0.2, 0.25) is 0 Å². The molecule has 7 heteroatoms. The zero-order valence-corrected chi connectivity index (χ0v) is 10.3. The summed E-state index contributed by atoms with van der Waals surface area (Å²) in [5.41, 5.74) is 0. The topological polar surface area (TPSA) is 79.9 Å². The number of hydrogen-bond acceptors (Lipinski definition) is 5. The first-order valence-corrected chi connectivity index (χ1v) is 5.92. The Morgan fingerprint density at radius 2 is 2.33 bits per heavy atom. The Morgan fingerprint density at radius 3 is 3.00 bits per heavy atom. The number of likely N-dealkylation sites (N-methyl/N-ethyl adjacent to an activating group) is 1. The van der Waals surface area contributed by atoms with E-state index in [0.29, 0.717) is 32.8 Å². The first kappa shape index (κ1) is 12.7. The molecule has 0 spiro atoms. The van der Waals surface area contributed by atoms with Gasteiger partial charge in [-0.25, -0.2) is 0 Å². The van der Waals surface area contributed by atoms with Crippen molar-refractivity contribution in [1.29, 1.82) is 0 Å². The Hall–Kier alpha value is -1.76. The quantitative estimate of drug-likeness (QED) is 0.622. The summed E-state index contributed by atoms with van der Waals surface area (Å²) in [6, 6.07) is -0.511. The van der Waals surface area contributed by atoms with Gasteiger partial charge < -0.3 is 25.0 Å². The Bertz CT molecular complexity index is 369. The maximum atomic E-state index is 12.2. The molecular formula is C11H17N3O4. The average molecular weight is 255 g/mol. The summed E-state index contributed by atoms with van der Waals surface area (Å²) in [5.74, 6) is -0.324. The van der Waals surface area contributed by atoms with Crippen LogP contribution < -0.4 is 10.6 Å². The molecule has 0 aromatic heterocycles. The number of carbonyl (C=O) groups is 2. The summed E-state index contributed by atoms with van der Waals surface area (Å²) in [6.45, 7) is 2.37. The minimum absolute atomic E-state index is 0.164. The molecule has 1 unspecified atom stereocenters. The van der Waals surface area contributed by atoms with E-state index in [9.17, 15) is 9.59 Å². The van der Waals surface area contributed by atoms with Crippen molar-refractivity contribution in [3.8, 4) is 0 Å². The molecule has 0 saturated carbocycles. The monoisotopic (exact) mass is 255 g/mol. The Morgan fingerprint density at radius 1 is 1.50 bits per heavy atom. The van der Waals surface area contributed by atoms with Gasteiger partial charge in [-0.05, 0) is 0 Å². The lowest BCUT2D eigenvalue weighted by molar-refractivity contribution is -0.142. The van der Waals surface area contributed by atoms with Crippen LogP contribution in [-0.2, 0) is 19.1 Å². The van der Waals surface area contributed by atoms with Crippen LogP contribution in [0.15, 0.2) is 12.0 Å². The molecule has 2 aliphatic heterocycles. The number of nitrogens with zero attached hydrogens (tertiary/aromatic N) is 1. The van der Waals surface area contributed by atoms with Crippen LogP contribution in [0.4, 0.5) is 0 Å². The molecule has 2 rings (SSSR count). The van der Waals surface area contributed by atoms with Gasteiger partial charge in [-0.15, -0.1) is 0 Å². The summed E-state index contributed by atoms with van der Waals surface area (Å²) in [4.78, 5) is 25.5. The van der Waals surface area contributed by atoms with Gasteiger partial charge in [-0.1, -0.05) is 0 Å². The lowest BCUT2D eigenvalue weighted by atomic mass is 10.1. The molecule has 0 radical (unpaired) electrons. The molecule has 0 aliphatic carbocycles. The van der Waals surface area contributed by atoms with Crippen molar-refractivity contribution in [1.82, 2.24) is 15.5 Å². The second-order valence-corrected chi connectivity index (χ2v) is 4.03. The summed E-state index contributed by atoms with van der Waals surface area (Å²) < 4.78 is 10.3. The standard InChI is InChI=1S/C11H17N3O4/c1-12-10(15)8-6-13-2-3-14(8)11(16)9-7-17-4-5-18-9/h7-8,13H,2-6H2,1H3,(H,12,15). The van der Waals surface area contributed by atoms with E-state index >= 15 is 0 Å². The van der Waals surface area contributed by atoms with Gasteiger partial charge in [0, 0.05) is 26.7 Å². The third-order valence-electron chi connectivity index (χ3n) is 2.91. The van der Waals surface area contributed by atoms with Crippen molar-refractivity contribution >= 4 is 11.8 Å². The van der Waals surface area contributed by atoms with Crippen molar-refractivity contribution < 1.29 is 19.1 Å². The van der Waals surface area contributed by atoms with Gasteiger partial charge in [-0.2, -0.15) is 0 Å². The highest BCUT2D eigenvalue weighted by Crippen LogP contribution is 2.13. The molecule has 0 aromatic rings. The Balaban J connectivity index is 2.10. The zero-order chi connectivity index (χ0) is 13.0. The minimum atomic E-state index is -0.511. The van der Waals surface area contributed by atoms with Crippen molar-refractivity contribution in [2.75, 3.05) is 39.9 Å². The summed E-state index contributed by atoms with van der Waals surface area (Å²) >= 11 is 0. The number of amides is 2. The second kappa shape index (κ2) is 5.72. The fourth-order valence-electron chi connectivity index (χ4n) is 1.97. The molecule has 1 fully saturated rings. The van der Waals surface area contributed by atoms with Crippen LogP contribution in [0, 0.1) is 0 Å². The first-order chi connectivity index (χ1) is 8.74. The van der Waals surface area contributed by atoms with E-state index in [4.69, 9.17) is 9.47 Å². The van der Waals surface area contributed by atoms with Crippen molar-refractivity contribution in [3.63, 3.8) is 0 Å². The molecule has 1 saturated heterocycles. The van der Waals surface area contributed by atoms with Crippen molar-refractivity contribution in [2.45, 2.75) is 6.04 Å². The van der Waals surface area contributed by atoms with E-state index < -0.39 is 6.04 Å². The highest BCUT2D eigenvalue weighted by atomic mass is 16.6. The molecule has 2 heterocycles. The normalized spacial score (nSPS) is 23.5. The molecule has 7 nitrogen and oxygen atoms in total. The van der Waals surface area contributed by atoms with Gasteiger partial charge in [-0.3, -0.25) is 9.59 Å². The Labute approximate surface area is 105 Å². The fourth-order valence-corrected chi connectivity index (χ4v) is 1.97. The smallest absolute Gasteiger partial charge is 0.292 e. The molecule has 1 atom stereocenters. The molecule has 18 heavy (non-hydrogen) atoms. The third kappa shape index (κ3) is 2.56. The molecule has 2 aliphatic rings. The Kier molecular flexibility index (Phi) is 4.03. The maximum Gasteiger partial charge on any atom is 0.292 e. The first-order valence-electron chi connectivity index (χ1n) is 5.92. The lowest BCUT2D eigenvalue weighted by Crippen LogP contribution is -2.59. The molecular weight excluding hydrogens is 238 g/mol. The van der Waals surface area contributed by atoms with Crippen LogP contribution in [0.5, 0.6) is 0 Å². The van der Waals surface area contributed by atoms with Gasteiger partial charge in [0.25, 0.3) is 5.91 Å². The average Bonchev–Trinajstić information content (AvgIpc) is 2.46. The van der Waals surface area contributed by atoms with E-state index in [2.05, 4.69) is 10.6 Å². The second-order valence-electron chi connectivity index (χ2n) is 4.03. The van der Waals surface area contributed by atoms with E-state index in [0.717, 1.165) is 0 Å². The number of hydrogen-bond donors (Lipinski definition) is 2. The highest BCUT2D eigenvalue weighted by Gasteiger charge is 2.34. The molecule has 2 N–H and O–H groups in total. The zero-order valence-electron chi connectivity index (χ0n) is 10.3. The lowest BCUT2D eigenvalue weighted by Gasteiger charge is -2.35. The number of nitrogens with one attached hydrogen (secondary N) is 2. The summed E-state index contributed by atoms with van der Waals surface area (Å²) in [7, 11) is 1.55. The van der Waals surface area contributed by atoms with E-state index in [1.54, 1.807) is 7.05 Å². The summed E-state index contributed by atoms with van der Waals surface area (Å²) in [6.07, 6.45) is 1.31. The van der Waals surface area contributed by atoms with Gasteiger partial charge in [0.2, 0.25) is 11.7 Å². The number of rotatable bonds is 2. The predicted molar refractivity (Wildman–Crippen MR) is 62.4 cm³/mol. The SMILES string of the molecule is CNC(=O)C1CNCCN1C(=O)C1=COCCO1. The minimum Gasteiger partial charge on any atom is -0.494 e. The molecule has 2 amide bonds. The van der Waals surface area contributed by atoms with Gasteiger partial charge >= 0.3 is 0 Å². The maximum absolute atomic E-state index is 12.2. The van der Waals surface area contributed by atoms with Crippen LogP contribution in [0.3, 0.4) is 0 Å². The van der Waals surface area contributed by atoms with Gasteiger partial charge in [0.1, 0.15) is 25.5 Å². The van der Waals surface area contributed by atoms with Gasteiger partial charge in [0.15, 0.2) is 0 Å². The number of ether oxygens (including phenoxy) is 2. The van der Waals surface area contributed by atoms with E-state index in [-0.39, 0.29) is 17.6 Å². The van der Waals surface area contributed by atoms with E-state index in [1.807, 2.05) is 0 Å². The van der Waals surface area contributed by atoms with Crippen LogP contribution in [0.1, 0.15) is 0 Å². The largest absolute Gasteiger partial charge is 0.494 e. The molecule has 100 valence electrons. The summed E-state index contributed by atoms with van der Waals surface area (Å²) in [5, 5.41) is 5.65. The molecule has 0 bridgehead atoms. The predicted octanol–water partition coefficient (Wildman–Crippen LogP) is -1.58. The van der Waals surface area contributed by atoms with Crippen LogP contribution >= 0.6 is 0 Å². The number of carbonyl (C=O) groups excluding carboxylic acids is 2. The van der Waals surface area contributed by atoms with E-state index in [1.165, 1.54) is 11.2 Å². The van der Waals surface area contributed by atoms with Crippen molar-refractivity contribution in [3.05, 3.63) is 12.0 Å². The molecule has 0 aromatic carbocycles. The number of piperazine rings is 1. The highest BCUT2D eigenvalue weighted by molar-refractivity contribution is 5.95. The van der Waals surface area contributed by atoms with Gasteiger partial charge in [0.05, 0.1) is 0 Å². The van der Waals surface area contributed by atoms with Crippen LogP contribution in [0.25, 0.3) is 0 Å².